The van der Waals surface area contributed by atoms with Gasteiger partial charge in [-0.15, -0.1) is 0 Å². The van der Waals surface area contributed by atoms with Gasteiger partial charge in [-0.25, -0.2) is 4.79 Å². The molecule has 4 heteroatoms. The number of hydrogen-bond acceptors (Lipinski definition) is 3. The monoisotopic (exact) mass is 220 g/mol. The Kier molecular flexibility index (Phi) is 3.08. The first-order chi connectivity index (χ1) is 7.66. The van der Waals surface area contributed by atoms with Crippen LogP contribution in [0.3, 0.4) is 0 Å². The molecule has 0 radical (unpaired) electrons. The number of hydrogen-bond donors (Lipinski definition) is 2. The minimum absolute atomic E-state index is 0.255. The summed E-state index contributed by atoms with van der Waals surface area (Å²) in [5.74, 6) is -0.223. The fraction of sp³-hybridized carbons (Fsp3) is 0.500. The smallest absolute Gasteiger partial charge is 0.339 e. The van der Waals surface area contributed by atoms with Crippen LogP contribution in [-0.2, 0) is 0 Å². The van der Waals surface area contributed by atoms with Crippen LogP contribution in [0.5, 0.6) is 0 Å². The topological polar surface area (TPSA) is 62.2 Å². The number of nitrogens with zero attached hydrogens (tertiary/aromatic N) is 1. The molecule has 0 saturated heterocycles. The second kappa shape index (κ2) is 4.51. The van der Waals surface area contributed by atoms with E-state index in [4.69, 9.17) is 5.11 Å². The van der Waals surface area contributed by atoms with Crippen molar-refractivity contribution in [3.63, 3.8) is 0 Å². The first-order valence-electron chi connectivity index (χ1n) is 5.60. The van der Waals surface area contributed by atoms with Gasteiger partial charge in [-0.3, -0.25) is 4.98 Å². The molecule has 0 aliphatic heterocycles. The van der Waals surface area contributed by atoms with E-state index in [1.165, 1.54) is 25.5 Å². The molecule has 1 saturated carbocycles. The maximum absolute atomic E-state index is 11.0. The SMILES string of the molecule is Cc1cc(NCC2CCC2)c(C(=O)O)cn1. The molecule has 2 N–H and O–H groups in total. The van der Waals surface area contributed by atoms with Crippen LogP contribution in [-0.4, -0.2) is 22.6 Å². The highest BCUT2D eigenvalue weighted by Gasteiger charge is 2.18. The zero-order valence-corrected chi connectivity index (χ0v) is 9.36. The number of carboxylic acids is 1. The highest BCUT2D eigenvalue weighted by molar-refractivity contribution is 5.93. The molecule has 1 aliphatic carbocycles. The first kappa shape index (κ1) is 10.9. The zero-order valence-electron chi connectivity index (χ0n) is 9.36. The highest BCUT2D eigenvalue weighted by atomic mass is 16.4. The molecule has 4 nitrogen and oxygen atoms in total. The maximum atomic E-state index is 11.0. The van der Waals surface area contributed by atoms with Crippen LogP contribution < -0.4 is 5.32 Å². The molecular formula is C12H16N2O2. The van der Waals surface area contributed by atoms with Crippen LogP contribution in [0.15, 0.2) is 12.3 Å². The molecule has 0 amide bonds. The average Bonchev–Trinajstić information content (AvgIpc) is 2.14. The quantitative estimate of drug-likeness (QED) is 0.817. The number of carboxylic acid groups (broad SMARTS) is 1. The van der Waals surface area contributed by atoms with Gasteiger partial charge < -0.3 is 10.4 Å². The van der Waals surface area contributed by atoms with Crippen molar-refractivity contribution in [1.82, 2.24) is 4.98 Å². The van der Waals surface area contributed by atoms with E-state index in [0.29, 0.717) is 11.6 Å². The number of pyridine rings is 1. The molecule has 0 unspecified atom stereocenters. The van der Waals surface area contributed by atoms with Gasteiger partial charge in [-0.05, 0) is 31.7 Å². The molecule has 2 rings (SSSR count). The number of aromatic carboxylic acids is 1. The summed E-state index contributed by atoms with van der Waals surface area (Å²) >= 11 is 0. The molecule has 1 aromatic rings. The number of carbonyl (C=O) groups is 1. The lowest BCUT2D eigenvalue weighted by Gasteiger charge is -2.26. The summed E-state index contributed by atoms with van der Waals surface area (Å²) in [6.45, 7) is 2.73. The lowest BCUT2D eigenvalue weighted by molar-refractivity contribution is 0.0697. The van der Waals surface area contributed by atoms with Crippen molar-refractivity contribution in [2.75, 3.05) is 11.9 Å². The molecule has 86 valence electrons. The third-order valence-electron chi connectivity index (χ3n) is 3.08. The molecule has 0 aromatic carbocycles. The molecule has 1 aromatic heterocycles. The maximum Gasteiger partial charge on any atom is 0.339 e. The molecule has 1 heterocycles. The van der Waals surface area contributed by atoms with Crippen molar-refractivity contribution in [3.05, 3.63) is 23.5 Å². The summed E-state index contributed by atoms with van der Waals surface area (Å²) in [5.41, 5.74) is 1.78. The van der Waals surface area contributed by atoms with E-state index in [1.807, 2.05) is 6.92 Å². The van der Waals surface area contributed by atoms with Gasteiger partial charge in [0, 0.05) is 18.4 Å². The van der Waals surface area contributed by atoms with Crippen molar-refractivity contribution in [2.45, 2.75) is 26.2 Å². The number of aryl methyl sites for hydroxylation is 1. The Labute approximate surface area is 94.7 Å². The van der Waals surface area contributed by atoms with Crippen LogP contribution in [0.4, 0.5) is 5.69 Å². The standard InChI is InChI=1S/C12H16N2O2/c1-8-5-11(10(7-13-8)12(15)16)14-6-9-3-2-4-9/h5,7,9H,2-4,6H2,1H3,(H,13,14)(H,15,16). The highest BCUT2D eigenvalue weighted by Crippen LogP contribution is 2.27. The second-order valence-corrected chi connectivity index (χ2v) is 4.35. The van der Waals surface area contributed by atoms with Crippen molar-refractivity contribution in [3.8, 4) is 0 Å². The number of anilines is 1. The van der Waals surface area contributed by atoms with Crippen molar-refractivity contribution >= 4 is 11.7 Å². The van der Waals surface area contributed by atoms with Gasteiger partial charge in [0.25, 0.3) is 0 Å². The van der Waals surface area contributed by atoms with E-state index in [0.717, 1.165) is 12.2 Å². The zero-order chi connectivity index (χ0) is 11.5. The number of rotatable bonds is 4. The molecule has 1 fully saturated rings. The lowest BCUT2D eigenvalue weighted by Crippen LogP contribution is -2.22. The average molecular weight is 220 g/mol. The lowest BCUT2D eigenvalue weighted by atomic mass is 9.85. The van der Waals surface area contributed by atoms with Gasteiger partial charge in [0.05, 0.1) is 5.69 Å². The molecule has 0 spiro atoms. The Hall–Kier alpha value is -1.58. The van der Waals surface area contributed by atoms with E-state index in [2.05, 4.69) is 10.3 Å². The number of aromatic nitrogens is 1. The van der Waals surface area contributed by atoms with Gasteiger partial charge >= 0.3 is 5.97 Å². The summed E-state index contributed by atoms with van der Waals surface area (Å²) in [6.07, 6.45) is 5.22. The van der Waals surface area contributed by atoms with Crippen molar-refractivity contribution in [2.24, 2.45) is 5.92 Å². The van der Waals surface area contributed by atoms with E-state index >= 15 is 0 Å². The third-order valence-corrected chi connectivity index (χ3v) is 3.08. The number of nitrogens with one attached hydrogen (secondary N) is 1. The predicted molar refractivity (Wildman–Crippen MR) is 61.8 cm³/mol. The molecule has 16 heavy (non-hydrogen) atoms. The summed E-state index contributed by atoms with van der Waals surface area (Å²) < 4.78 is 0. The first-order valence-corrected chi connectivity index (χ1v) is 5.60. The third kappa shape index (κ3) is 2.32. The van der Waals surface area contributed by atoms with E-state index < -0.39 is 5.97 Å². The molecule has 0 bridgehead atoms. The Morgan fingerprint density at radius 1 is 1.62 bits per heavy atom. The van der Waals surface area contributed by atoms with Crippen molar-refractivity contribution in [1.29, 1.82) is 0 Å². The minimum atomic E-state index is -0.927. The van der Waals surface area contributed by atoms with Gasteiger partial charge in [-0.1, -0.05) is 6.42 Å². The van der Waals surface area contributed by atoms with E-state index in [9.17, 15) is 4.79 Å². The van der Waals surface area contributed by atoms with E-state index in [-0.39, 0.29) is 5.56 Å². The Balaban J connectivity index is 2.09. The van der Waals surface area contributed by atoms with Crippen molar-refractivity contribution < 1.29 is 9.90 Å². The van der Waals surface area contributed by atoms with Crippen LogP contribution >= 0.6 is 0 Å². The van der Waals surface area contributed by atoms with Crippen LogP contribution in [0.1, 0.15) is 35.3 Å². The van der Waals surface area contributed by atoms with Gasteiger partial charge in [0.1, 0.15) is 5.56 Å². The fourth-order valence-corrected chi connectivity index (χ4v) is 1.83. The van der Waals surface area contributed by atoms with E-state index in [1.54, 1.807) is 6.07 Å². The van der Waals surface area contributed by atoms with Gasteiger partial charge in [0.2, 0.25) is 0 Å². The predicted octanol–water partition coefficient (Wildman–Crippen LogP) is 2.30. The summed E-state index contributed by atoms with van der Waals surface area (Å²) in [7, 11) is 0. The minimum Gasteiger partial charge on any atom is -0.478 e. The summed E-state index contributed by atoms with van der Waals surface area (Å²) in [5, 5.41) is 12.2. The molecular weight excluding hydrogens is 204 g/mol. The van der Waals surface area contributed by atoms with Crippen LogP contribution in [0.2, 0.25) is 0 Å². The van der Waals surface area contributed by atoms with Gasteiger partial charge in [0.15, 0.2) is 0 Å². The van der Waals surface area contributed by atoms with Gasteiger partial charge in [-0.2, -0.15) is 0 Å². The van der Waals surface area contributed by atoms with Crippen LogP contribution in [0, 0.1) is 12.8 Å². The Morgan fingerprint density at radius 3 is 2.94 bits per heavy atom. The van der Waals surface area contributed by atoms with Crippen LogP contribution in [0.25, 0.3) is 0 Å². The summed E-state index contributed by atoms with van der Waals surface area (Å²) in [6, 6.07) is 1.79. The molecule has 1 aliphatic rings. The fourth-order valence-electron chi connectivity index (χ4n) is 1.83. The Morgan fingerprint density at radius 2 is 2.38 bits per heavy atom. The second-order valence-electron chi connectivity index (χ2n) is 4.35. The Bertz CT molecular complexity index is 400. The largest absolute Gasteiger partial charge is 0.478 e. The normalized spacial score (nSPS) is 15.6. The molecule has 0 atom stereocenters. The summed E-state index contributed by atoms with van der Waals surface area (Å²) in [4.78, 5) is 15.0.